The molecule has 0 spiro atoms. The van der Waals surface area contributed by atoms with E-state index in [4.69, 9.17) is 10.6 Å². The van der Waals surface area contributed by atoms with Crippen LogP contribution in [0.15, 0.2) is 27.7 Å². The zero-order valence-electron chi connectivity index (χ0n) is 9.96. The Labute approximate surface area is 110 Å². The molecular weight excluding hydrogens is 284 g/mol. The van der Waals surface area contributed by atoms with E-state index in [1.807, 2.05) is 25.1 Å². The highest BCUT2D eigenvalue weighted by molar-refractivity contribution is 9.10. The summed E-state index contributed by atoms with van der Waals surface area (Å²) in [6.45, 7) is 3.14. The van der Waals surface area contributed by atoms with Crippen molar-refractivity contribution < 1.29 is 4.74 Å². The van der Waals surface area contributed by atoms with E-state index >= 15 is 0 Å². The quantitative estimate of drug-likeness (QED) is 0.260. The van der Waals surface area contributed by atoms with Gasteiger partial charge in [-0.3, -0.25) is 5.43 Å². The third-order valence-electron chi connectivity index (χ3n) is 2.14. The lowest BCUT2D eigenvalue weighted by molar-refractivity contribution is 0.208. The van der Waals surface area contributed by atoms with Crippen molar-refractivity contribution in [1.29, 1.82) is 0 Å². The average molecular weight is 301 g/mol. The van der Waals surface area contributed by atoms with Crippen molar-refractivity contribution in [2.45, 2.75) is 6.92 Å². The molecular formula is C11H17BrN4O. The Morgan fingerprint density at radius 2 is 2.29 bits per heavy atom. The summed E-state index contributed by atoms with van der Waals surface area (Å²) in [5.41, 5.74) is 4.60. The first kappa shape index (κ1) is 14.0. The zero-order valence-corrected chi connectivity index (χ0v) is 11.5. The number of hydrogen-bond donors (Lipinski definition) is 3. The highest BCUT2D eigenvalue weighted by Crippen LogP contribution is 2.20. The van der Waals surface area contributed by atoms with E-state index in [1.54, 1.807) is 7.11 Å². The van der Waals surface area contributed by atoms with Gasteiger partial charge in [0.1, 0.15) is 0 Å². The first-order valence-electron chi connectivity index (χ1n) is 5.20. The summed E-state index contributed by atoms with van der Waals surface area (Å²) in [4.78, 5) is 4.21. The lowest BCUT2D eigenvalue weighted by Crippen LogP contribution is -2.36. The van der Waals surface area contributed by atoms with Gasteiger partial charge in [-0.2, -0.15) is 0 Å². The molecule has 0 bridgehead atoms. The second-order valence-electron chi connectivity index (χ2n) is 3.46. The summed E-state index contributed by atoms with van der Waals surface area (Å²) in [6, 6.07) is 5.94. The van der Waals surface area contributed by atoms with Gasteiger partial charge in [0.15, 0.2) is 0 Å². The molecule has 1 aromatic carbocycles. The number of hydrogen-bond acceptors (Lipinski definition) is 3. The van der Waals surface area contributed by atoms with Crippen LogP contribution in [0.1, 0.15) is 5.56 Å². The number of nitrogens with two attached hydrogens (primary N) is 1. The van der Waals surface area contributed by atoms with Crippen LogP contribution >= 0.6 is 15.9 Å². The summed E-state index contributed by atoms with van der Waals surface area (Å²) < 4.78 is 5.95. The molecule has 6 heteroatoms. The molecule has 0 aromatic heterocycles. The number of anilines is 1. The zero-order chi connectivity index (χ0) is 12.7. The fraction of sp³-hybridized carbons (Fsp3) is 0.364. The largest absolute Gasteiger partial charge is 0.383 e. The van der Waals surface area contributed by atoms with Gasteiger partial charge in [0, 0.05) is 17.3 Å². The molecule has 1 aromatic rings. The molecule has 0 aliphatic rings. The number of aryl methyl sites for hydroxylation is 1. The Balaban J connectivity index is 2.67. The fourth-order valence-electron chi connectivity index (χ4n) is 1.18. The van der Waals surface area contributed by atoms with Crippen LogP contribution in [-0.2, 0) is 4.74 Å². The van der Waals surface area contributed by atoms with Crippen LogP contribution < -0.4 is 16.6 Å². The standard InChI is InChI=1S/C11H17BrN4O/c1-8-3-4-9(7-10(8)12)15-11(16-13)14-5-6-17-2/h3-4,7H,5-6,13H2,1-2H3,(H2,14,15,16). The SMILES string of the molecule is COCCN=C(NN)Nc1ccc(C)c(Br)c1. The van der Waals surface area contributed by atoms with Crippen molar-refractivity contribution in [3.05, 3.63) is 28.2 Å². The molecule has 0 saturated carbocycles. The van der Waals surface area contributed by atoms with Crippen LogP contribution in [0.3, 0.4) is 0 Å². The Kier molecular flexibility index (Phi) is 5.96. The van der Waals surface area contributed by atoms with E-state index in [2.05, 4.69) is 31.7 Å². The Bertz CT molecular complexity index is 395. The van der Waals surface area contributed by atoms with Crippen molar-refractivity contribution in [2.75, 3.05) is 25.6 Å². The van der Waals surface area contributed by atoms with Gasteiger partial charge in [0.05, 0.1) is 13.2 Å². The van der Waals surface area contributed by atoms with E-state index in [0.29, 0.717) is 19.1 Å². The maximum absolute atomic E-state index is 5.37. The minimum Gasteiger partial charge on any atom is -0.383 e. The average Bonchev–Trinajstić information content (AvgIpc) is 2.32. The predicted octanol–water partition coefficient (Wildman–Crippen LogP) is 1.64. The Hall–Kier alpha value is -1.11. The number of ether oxygens (including phenoxy) is 1. The van der Waals surface area contributed by atoms with E-state index in [0.717, 1.165) is 10.2 Å². The van der Waals surface area contributed by atoms with Gasteiger partial charge < -0.3 is 10.1 Å². The van der Waals surface area contributed by atoms with Gasteiger partial charge in [-0.25, -0.2) is 10.8 Å². The summed E-state index contributed by atoms with van der Waals surface area (Å²) in [5.74, 6) is 5.89. The minimum absolute atomic E-state index is 0.512. The van der Waals surface area contributed by atoms with Crippen molar-refractivity contribution in [1.82, 2.24) is 5.43 Å². The lowest BCUT2D eigenvalue weighted by atomic mass is 10.2. The Morgan fingerprint density at radius 1 is 1.53 bits per heavy atom. The van der Waals surface area contributed by atoms with E-state index < -0.39 is 0 Å². The molecule has 1 rings (SSSR count). The monoisotopic (exact) mass is 300 g/mol. The van der Waals surface area contributed by atoms with Crippen molar-refractivity contribution in [2.24, 2.45) is 10.8 Å². The first-order chi connectivity index (χ1) is 8.17. The molecule has 0 unspecified atom stereocenters. The maximum Gasteiger partial charge on any atom is 0.210 e. The molecule has 0 aliphatic heterocycles. The highest BCUT2D eigenvalue weighted by atomic mass is 79.9. The minimum atomic E-state index is 0.512. The van der Waals surface area contributed by atoms with Crippen LogP contribution in [0.5, 0.6) is 0 Å². The fourth-order valence-corrected chi connectivity index (χ4v) is 1.56. The second kappa shape index (κ2) is 7.26. The molecule has 17 heavy (non-hydrogen) atoms. The number of nitrogens with one attached hydrogen (secondary N) is 2. The highest BCUT2D eigenvalue weighted by Gasteiger charge is 2.00. The number of guanidine groups is 1. The van der Waals surface area contributed by atoms with Gasteiger partial charge in [-0.1, -0.05) is 22.0 Å². The van der Waals surface area contributed by atoms with Gasteiger partial charge >= 0.3 is 0 Å². The summed E-state index contributed by atoms with van der Waals surface area (Å²) in [7, 11) is 1.63. The molecule has 0 amide bonds. The van der Waals surface area contributed by atoms with E-state index in [9.17, 15) is 0 Å². The molecule has 5 nitrogen and oxygen atoms in total. The third-order valence-corrected chi connectivity index (χ3v) is 2.99. The molecule has 0 aliphatic carbocycles. The number of hydrazine groups is 1. The maximum atomic E-state index is 5.37. The van der Waals surface area contributed by atoms with Gasteiger partial charge in [0.2, 0.25) is 5.96 Å². The van der Waals surface area contributed by atoms with Crippen molar-refractivity contribution in [3.8, 4) is 0 Å². The molecule has 0 atom stereocenters. The summed E-state index contributed by atoms with van der Waals surface area (Å²) in [6.07, 6.45) is 0. The number of aliphatic imine (C=N–C) groups is 1. The molecule has 0 radical (unpaired) electrons. The first-order valence-corrected chi connectivity index (χ1v) is 6.00. The van der Waals surface area contributed by atoms with Crippen LogP contribution in [0.4, 0.5) is 5.69 Å². The molecule has 4 N–H and O–H groups in total. The summed E-state index contributed by atoms with van der Waals surface area (Å²) >= 11 is 3.47. The van der Waals surface area contributed by atoms with Crippen molar-refractivity contribution >= 4 is 27.6 Å². The predicted molar refractivity (Wildman–Crippen MR) is 74.0 cm³/mol. The number of halogens is 1. The molecule has 0 fully saturated rings. The number of rotatable bonds is 4. The molecule has 94 valence electrons. The van der Waals surface area contributed by atoms with Crippen LogP contribution in [0.2, 0.25) is 0 Å². The number of methoxy groups -OCH3 is 1. The third kappa shape index (κ3) is 4.72. The second-order valence-corrected chi connectivity index (χ2v) is 4.31. The lowest BCUT2D eigenvalue weighted by Gasteiger charge is -2.10. The normalized spacial score (nSPS) is 11.4. The van der Waals surface area contributed by atoms with Gasteiger partial charge in [-0.15, -0.1) is 0 Å². The van der Waals surface area contributed by atoms with E-state index in [-0.39, 0.29) is 0 Å². The van der Waals surface area contributed by atoms with Crippen LogP contribution in [-0.4, -0.2) is 26.2 Å². The number of nitrogens with zero attached hydrogens (tertiary/aromatic N) is 1. The molecule has 0 saturated heterocycles. The van der Waals surface area contributed by atoms with Crippen molar-refractivity contribution in [3.63, 3.8) is 0 Å². The van der Waals surface area contributed by atoms with Gasteiger partial charge in [-0.05, 0) is 24.6 Å². The van der Waals surface area contributed by atoms with Crippen LogP contribution in [0.25, 0.3) is 0 Å². The number of benzene rings is 1. The smallest absolute Gasteiger partial charge is 0.210 e. The Morgan fingerprint density at radius 3 is 2.88 bits per heavy atom. The van der Waals surface area contributed by atoms with E-state index in [1.165, 1.54) is 5.56 Å². The van der Waals surface area contributed by atoms with Gasteiger partial charge in [0.25, 0.3) is 0 Å². The van der Waals surface area contributed by atoms with Crippen LogP contribution in [0, 0.1) is 6.92 Å². The summed E-state index contributed by atoms with van der Waals surface area (Å²) in [5, 5.41) is 3.08. The topological polar surface area (TPSA) is 71.7 Å². The molecule has 0 heterocycles.